The van der Waals surface area contributed by atoms with Crippen molar-refractivity contribution in [3.8, 4) is 0 Å². The summed E-state index contributed by atoms with van der Waals surface area (Å²) in [5.74, 6) is 0.205. The average molecular weight is 272 g/mol. The Labute approximate surface area is 121 Å². The quantitative estimate of drug-likeness (QED) is 0.785. The summed E-state index contributed by atoms with van der Waals surface area (Å²) >= 11 is 0. The molecule has 108 valence electrons. The van der Waals surface area contributed by atoms with Gasteiger partial charge in [0.15, 0.2) is 0 Å². The van der Waals surface area contributed by atoms with Gasteiger partial charge in [0.25, 0.3) is 5.91 Å². The molecule has 0 aromatic heterocycles. The van der Waals surface area contributed by atoms with Crippen LogP contribution in [-0.2, 0) is 0 Å². The van der Waals surface area contributed by atoms with Crippen molar-refractivity contribution in [2.24, 2.45) is 0 Å². The SMILES string of the molecule is CN1CCC[C@H]2N(C(=O)c3ccccc3)CCC[C@@]21C. The van der Waals surface area contributed by atoms with Crippen molar-refractivity contribution in [1.29, 1.82) is 0 Å². The fourth-order valence-electron chi connectivity index (χ4n) is 3.94. The van der Waals surface area contributed by atoms with Crippen LogP contribution in [0, 0.1) is 0 Å². The molecule has 3 rings (SSSR count). The molecular weight excluding hydrogens is 248 g/mol. The maximum atomic E-state index is 12.8. The number of fused-ring (bicyclic) bond motifs is 1. The zero-order valence-electron chi connectivity index (χ0n) is 12.5. The third kappa shape index (κ3) is 2.14. The van der Waals surface area contributed by atoms with Gasteiger partial charge in [-0.15, -0.1) is 0 Å². The Bertz CT molecular complexity index is 487. The van der Waals surface area contributed by atoms with Gasteiger partial charge in [0.05, 0.1) is 6.04 Å². The first-order valence-corrected chi connectivity index (χ1v) is 7.70. The predicted octanol–water partition coefficient (Wildman–Crippen LogP) is 2.78. The van der Waals surface area contributed by atoms with Crippen molar-refractivity contribution < 1.29 is 4.79 Å². The molecule has 1 aromatic carbocycles. The molecule has 0 bridgehead atoms. The standard InChI is InChI=1S/C17H24N2O/c1-17-11-7-13-19(15(17)10-6-12-18(17)2)16(20)14-8-4-3-5-9-14/h3-5,8-9,15H,6-7,10-13H2,1-2H3/t15-,17+/m1/s1. The molecule has 0 spiro atoms. The minimum absolute atomic E-state index is 0.154. The van der Waals surface area contributed by atoms with Crippen molar-refractivity contribution in [3.05, 3.63) is 35.9 Å². The van der Waals surface area contributed by atoms with Crippen LogP contribution in [0.1, 0.15) is 43.0 Å². The summed E-state index contributed by atoms with van der Waals surface area (Å²) in [5, 5.41) is 0. The fourth-order valence-corrected chi connectivity index (χ4v) is 3.94. The number of hydrogen-bond acceptors (Lipinski definition) is 2. The van der Waals surface area contributed by atoms with Crippen LogP contribution in [0.2, 0.25) is 0 Å². The summed E-state index contributed by atoms with van der Waals surface area (Å²) in [5.41, 5.74) is 0.978. The molecule has 2 atom stereocenters. The molecule has 3 nitrogen and oxygen atoms in total. The zero-order chi connectivity index (χ0) is 14.2. The first-order valence-electron chi connectivity index (χ1n) is 7.70. The number of carbonyl (C=O) groups excluding carboxylic acids is 1. The van der Waals surface area contributed by atoms with E-state index < -0.39 is 0 Å². The predicted molar refractivity (Wildman–Crippen MR) is 80.8 cm³/mol. The minimum Gasteiger partial charge on any atom is -0.334 e. The van der Waals surface area contributed by atoms with Crippen LogP contribution in [-0.4, -0.2) is 47.4 Å². The van der Waals surface area contributed by atoms with Gasteiger partial charge in [0.2, 0.25) is 0 Å². The lowest BCUT2D eigenvalue weighted by atomic mass is 9.76. The number of amides is 1. The number of nitrogens with zero attached hydrogens (tertiary/aromatic N) is 2. The Morgan fingerprint density at radius 2 is 1.95 bits per heavy atom. The largest absolute Gasteiger partial charge is 0.334 e. The van der Waals surface area contributed by atoms with E-state index in [0.29, 0.717) is 6.04 Å². The second-order valence-electron chi connectivity index (χ2n) is 6.40. The normalized spacial score (nSPS) is 30.9. The Kier molecular flexibility index (Phi) is 3.55. The van der Waals surface area contributed by atoms with Gasteiger partial charge < -0.3 is 4.90 Å². The monoisotopic (exact) mass is 272 g/mol. The average Bonchev–Trinajstić information content (AvgIpc) is 2.48. The van der Waals surface area contributed by atoms with Crippen LogP contribution >= 0.6 is 0 Å². The van der Waals surface area contributed by atoms with E-state index in [2.05, 4.69) is 23.8 Å². The summed E-state index contributed by atoms with van der Waals surface area (Å²) in [6.45, 7) is 4.39. The summed E-state index contributed by atoms with van der Waals surface area (Å²) in [6.07, 6.45) is 4.64. The van der Waals surface area contributed by atoms with Gasteiger partial charge in [-0.3, -0.25) is 9.69 Å². The molecule has 0 aliphatic carbocycles. The summed E-state index contributed by atoms with van der Waals surface area (Å²) in [7, 11) is 2.21. The fraction of sp³-hybridized carbons (Fsp3) is 0.588. The summed E-state index contributed by atoms with van der Waals surface area (Å²) in [6, 6.07) is 10.1. The molecule has 0 radical (unpaired) electrons. The number of hydrogen-bond donors (Lipinski definition) is 0. The van der Waals surface area contributed by atoms with Crippen molar-refractivity contribution in [1.82, 2.24) is 9.80 Å². The topological polar surface area (TPSA) is 23.6 Å². The summed E-state index contributed by atoms with van der Waals surface area (Å²) in [4.78, 5) is 17.4. The zero-order valence-corrected chi connectivity index (χ0v) is 12.5. The molecule has 0 unspecified atom stereocenters. The van der Waals surface area contributed by atoms with Crippen LogP contribution < -0.4 is 0 Å². The van der Waals surface area contributed by atoms with Crippen LogP contribution in [0.25, 0.3) is 0 Å². The molecule has 2 fully saturated rings. The van der Waals surface area contributed by atoms with E-state index in [0.717, 1.165) is 31.5 Å². The summed E-state index contributed by atoms with van der Waals surface area (Å²) < 4.78 is 0. The molecule has 2 heterocycles. The van der Waals surface area contributed by atoms with Gasteiger partial charge in [-0.2, -0.15) is 0 Å². The van der Waals surface area contributed by atoms with Crippen molar-refractivity contribution in [2.75, 3.05) is 20.1 Å². The van der Waals surface area contributed by atoms with Gasteiger partial charge in [0, 0.05) is 17.6 Å². The van der Waals surface area contributed by atoms with E-state index in [9.17, 15) is 4.79 Å². The third-order valence-electron chi connectivity index (χ3n) is 5.30. The van der Waals surface area contributed by atoms with E-state index >= 15 is 0 Å². The lowest BCUT2D eigenvalue weighted by Gasteiger charge is -2.55. The Morgan fingerprint density at radius 1 is 1.20 bits per heavy atom. The molecule has 0 saturated carbocycles. The second-order valence-corrected chi connectivity index (χ2v) is 6.40. The second kappa shape index (κ2) is 5.21. The van der Waals surface area contributed by atoms with Crippen LogP contribution in [0.5, 0.6) is 0 Å². The van der Waals surface area contributed by atoms with E-state index in [4.69, 9.17) is 0 Å². The highest BCUT2D eigenvalue weighted by atomic mass is 16.2. The Hall–Kier alpha value is -1.35. The van der Waals surface area contributed by atoms with Crippen LogP contribution in [0.15, 0.2) is 30.3 Å². The Morgan fingerprint density at radius 3 is 2.70 bits per heavy atom. The highest BCUT2D eigenvalue weighted by molar-refractivity contribution is 5.94. The first-order chi connectivity index (χ1) is 9.63. The third-order valence-corrected chi connectivity index (χ3v) is 5.30. The highest BCUT2D eigenvalue weighted by Crippen LogP contribution is 2.38. The lowest BCUT2D eigenvalue weighted by Crippen LogP contribution is -2.66. The van der Waals surface area contributed by atoms with Gasteiger partial charge >= 0.3 is 0 Å². The first kappa shape index (κ1) is 13.6. The number of rotatable bonds is 1. The van der Waals surface area contributed by atoms with Gasteiger partial charge in [0.1, 0.15) is 0 Å². The van der Waals surface area contributed by atoms with Gasteiger partial charge in [-0.1, -0.05) is 18.2 Å². The smallest absolute Gasteiger partial charge is 0.254 e. The van der Waals surface area contributed by atoms with Crippen molar-refractivity contribution in [2.45, 2.75) is 44.2 Å². The van der Waals surface area contributed by atoms with E-state index in [1.807, 2.05) is 30.3 Å². The van der Waals surface area contributed by atoms with Crippen LogP contribution in [0.3, 0.4) is 0 Å². The van der Waals surface area contributed by atoms with Gasteiger partial charge in [-0.05, 0) is 58.3 Å². The highest BCUT2D eigenvalue weighted by Gasteiger charge is 2.47. The van der Waals surface area contributed by atoms with E-state index in [1.54, 1.807) is 0 Å². The number of benzene rings is 1. The van der Waals surface area contributed by atoms with Gasteiger partial charge in [-0.25, -0.2) is 0 Å². The van der Waals surface area contributed by atoms with Crippen molar-refractivity contribution >= 4 is 5.91 Å². The molecule has 2 aliphatic heterocycles. The molecule has 0 N–H and O–H groups in total. The molecule has 2 aliphatic rings. The van der Waals surface area contributed by atoms with E-state index in [1.165, 1.54) is 12.8 Å². The number of likely N-dealkylation sites (N-methyl/N-ethyl adjacent to an activating group) is 1. The molecule has 20 heavy (non-hydrogen) atoms. The molecular formula is C17H24N2O. The maximum absolute atomic E-state index is 12.8. The molecule has 1 amide bonds. The number of piperidine rings is 2. The molecule has 3 heteroatoms. The molecule has 2 saturated heterocycles. The van der Waals surface area contributed by atoms with E-state index in [-0.39, 0.29) is 11.4 Å². The van der Waals surface area contributed by atoms with Crippen molar-refractivity contribution in [3.63, 3.8) is 0 Å². The Balaban J connectivity index is 1.88. The lowest BCUT2D eigenvalue weighted by molar-refractivity contribution is -0.0347. The van der Waals surface area contributed by atoms with Crippen LogP contribution in [0.4, 0.5) is 0 Å². The number of carbonyl (C=O) groups is 1. The molecule has 1 aromatic rings. The minimum atomic E-state index is 0.154. The maximum Gasteiger partial charge on any atom is 0.254 e. The number of likely N-dealkylation sites (tertiary alicyclic amines) is 2.